The monoisotopic (exact) mass is 382 g/mol. The van der Waals surface area contributed by atoms with Crippen LogP contribution < -0.4 is 16.0 Å². The Kier molecular flexibility index (Phi) is 5.05. The lowest BCUT2D eigenvalue weighted by molar-refractivity contribution is 0.0461. The van der Waals surface area contributed by atoms with E-state index in [2.05, 4.69) is 15.9 Å². The molecule has 0 amide bonds. The van der Waals surface area contributed by atoms with E-state index >= 15 is 0 Å². The van der Waals surface area contributed by atoms with Crippen LogP contribution in [0.3, 0.4) is 0 Å². The van der Waals surface area contributed by atoms with Crippen LogP contribution in [0, 0.1) is 0 Å². The van der Waals surface area contributed by atoms with Gasteiger partial charge < -0.3 is 9.47 Å². The summed E-state index contributed by atoms with van der Waals surface area (Å²) in [6, 6.07) is 6.17. The minimum atomic E-state index is -0.594. The number of carbonyl (C=O) groups is 1. The van der Waals surface area contributed by atoms with Crippen molar-refractivity contribution in [2.75, 3.05) is 7.11 Å². The van der Waals surface area contributed by atoms with E-state index in [0.29, 0.717) is 15.9 Å². The van der Waals surface area contributed by atoms with Crippen LogP contribution in [0.15, 0.2) is 38.3 Å². The summed E-state index contributed by atoms with van der Waals surface area (Å²) < 4.78 is 13.1. The molecule has 0 fully saturated rings. The molecule has 1 aromatic carbocycles. The molecule has 8 heteroatoms. The van der Waals surface area contributed by atoms with Crippen LogP contribution in [0.1, 0.15) is 16.1 Å². The van der Waals surface area contributed by atoms with Crippen molar-refractivity contribution in [3.63, 3.8) is 0 Å². The molecule has 0 bridgehead atoms. The molecule has 0 spiro atoms. The number of hydrogen-bond donors (Lipinski definition) is 0. The largest absolute Gasteiger partial charge is 0.497 e. The number of methoxy groups -OCH3 is 1. The zero-order valence-electron chi connectivity index (χ0n) is 12.8. The summed E-state index contributed by atoms with van der Waals surface area (Å²) in [4.78, 5) is 35.7. The van der Waals surface area contributed by atoms with Gasteiger partial charge >= 0.3 is 11.7 Å². The van der Waals surface area contributed by atoms with Crippen molar-refractivity contribution in [2.45, 2.75) is 6.61 Å². The van der Waals surface area contributed by atoms with Gasteiger partial charge in [0.05, 0.1) is 18.4 Å². The second-order valence-electron chi connectivity index (χ2n) is 4.80. The lowest BCUT2D eigenvalue weighted by Gasteiger charge is -2.11. The molecule has 0 aliphatic carbocycles. The number of ether oxygens (including phenoxy) is 2. The van der Waals surface area contributed by atoms with Crippen LogP contribution in [0.25, 0.3) is 0 Å². The van der Waals surface area contributed by atoms with Gasteiger partial charge in [-0.15, -0.1) is 0 Å². The van der Waals surface area contributed by atoms with E-state index < -0.39 is 17.2 Å². The molecular weight excluding hydrogens is 368 g/mol. The maximum atomic E-state index is 12.2. The van der Waals surface area contributed by atoms with Crippen molar-refractivity contribution < 1.29 is 14.3 Å². The molecule has 0 aliphatic heterocycles. The molecule has 0 N–H and O–H groups in total. The molecule has 1 heterocycles. The molecule has 1 aromatic heterocycles. The highest BCUT2D eigenvalue weighted by Gasteiger charge is 2.14. The highest BCUT2D eigenvalue weighted by molar-refractivity contribution is 9.10. The molecule has 0 aliphatic rings. The average Bonchev–Trinajstić information content (AvgIpc) is 2.55. The van der Waals surface area contributed by atoms with Crippen molar-refractivity contribution in [3.05, 3.63) is 60.8 Å². The Hall–Kier alpha value is -2.35. The Morgan fingerprint density at radius 2 is 1.87 bits per heavy atom. The SMILES string of the molecule is COc1ccc(Br)c(C(=O)OCc2cc(=O)n(C)c(=O)n2C)c1. The minimum Gasteiger partial charge on any atom is -0.497 e. The smallest absolute Gasteiger partial charge is 0.339 e. The lowest BCUT2D eigenvalue weighted by Crippen LogP contribution is -2.38. The number of rotatable bonds is 4. The molecule has 23 heavy (non-hydrogen) atoms. The Morgan fingerprint density at radius 3 is 2.52 bits per heavy atom. The Balaban J connectivity index is 2.24. The van der Waals surface area contributed by atoms with Crippen molar-refractivity contribution in [3.8, 4) is 5.75 Å². The Labute approximate surface area is 140 Å². The van der Waals surface area contributed by atoms with Gasteiger partial charge in [-0.25, -0.2) is 9.59 Å². The molecule has 0 radical (unpaired) electrons. The Bertz CT molecular complexity index is 869. The summed E-state index contributed by atoms with van der Waals surface area (Å²) in [5.41, 5.74) is -0.337. The van der Waals surface area contributed by atoms with E-state index in [0.717, 1.165) is 4.57 Å². The third kappa shape index (κ3) is 3.53. The minimum absolute atomic E-state index is 0.190. The van der Waals surface area contributed by atoms with Crippen LogP contribution in [0.4, 0.5) is 0 Å². The van der Waals surface area contributed by atoms with Crippen molar-refractivity contribution in [2.24, 2.45) is 14.1 Å². The second-order valence-corrected chi connectivity index (χ2v) is 5.65. The standard InChI is InChI=1S/C15H15BrN2O5/c1-17-9(6-13(19)18(2)15(17)21)8-23-14(20)11-7-10(22-3)4-5-12(11)16/h4-7H,8H2,1-3H3. The van der Waals surface area contributed by atoms with E-state index in [1.54, 1.807) is 12.1 Å². The Morgan fingerprint density at radius 1 is 1.17 bits per heavy atom. The van der Waals surface area contributed by atoms with Crippen LogP contribution in [-0.4, -0.2) is 22.2 Å². The fraction of sp³-hybridized carbons (Fsp3) is 0.267. The number of benzene rings is 1. The van der Waals surface area contributed by atoms with Gasteiger partial charge in [0.15, 0.2) is 0 Å². The van der Waals surface area contributed by atoms with Gasteiger partial charge in [-0.3, -0.25) is 13.9 Å². The van der Waals surface area contributed by atoms with E-state index in [9.17, 15) is 14.4 Å². The van der Waals surface area contributed by atoms with E-state index in [4.69, 9.17) is 9.47 Å². The van der Waals surface area contributed by atoms with E-state index in [1.807, 2.05) is 0 Å². The average molecular weight is 383 g/mol. The summed E-state index contributed by atoms with van der Waals surface area (Å²) >= 11 is 3.27. The highest BCUT2D eigenvalue weighted by Crippen LogP contribution is 2.23. The van der Waals surface area contributed by atoms with Gasteiger partial charge in [-0.05, 0) is 34.1 Å². The van der Waals surface area contributed by atoms with Gasteiger partial charge in [-0.2, -0.15) is 0 Å². The molecule has 0 atom stereocenters. The molecule has 0 saturated heterocycles. The molecule has 0 saturated carbocycles. The van der Waals surface area contributed by atoms with Gasteiger partial charge in [0.1, 0.15) is 12.4 Å². The van der Waals surface area contributed by atoms with E-state index in [1.165, 1.54) is 37.9 Å². The fourth-order valence-corrected chi connectivity index (χ4v) is 2.33. The van der Waals surface area contributed by atoms with Gasteiger partial charge in [0, 0.05) is 24.6 Å². The van der Waals surface area contributed by atoms with Crippen LogP contribution >= 0.6 is 15.9 Å². The summed E-state index contributed by atoms with van der Waals surface area (Å²) in [5, 5.41) is 0. The predicted octanol–water partition coefficient (Wildman–Crippen LogP) is 1.21. The fourth-order valence-electron chi connectivity index (χ4n) is 1.92. The van der Waals surface area contributed by atoms with E-state index in [-0.39, 0.29) is 12.2 Å². The highest BCUT2D eigenvalue weighted by atomic mass is 79.9. The third-order valence-corrected chi connectivity index (χ3v) is 4.06. The number of esters is 1. The number of halogens is 1. The predicted molar refractivity (Wildman–Crippen MR) is 86.7 cm³/mol. The van der Waals surface area contributed by atoms with Gasteiger partial charge in [-0.1, -0.05) is 0 Å². The molecular formula is C15H15BrN2O5. The first-order valence-corrected chi connectivity index (χ1v) is 7.41. The zero-order valence-corrected chi connectivity index (χ0v) is 14.4. The van der Waals surface area contributed by atoms with Crippen LogP contribution in [-0.2, 0) is 25.4 Å². The number of nitrogens with zero attached hydrogens (tertiary/aromatic N) is 2. The maximum absolute atomic E-state index is 12.2. The molecule has 122 valence electrons. The second kappa shape index (κ2) is 6.82. The first kappa shape index (κ1) is 17.0. The molecule has 2 aromatic rings. The normalized spacial score (nSPS) is 10.4. The summed E-state index contributed by atoms with van der Waals surface area (Å²) in [6.45, 7) is -0.190. The summed E-state index contributed by atoms with van der Waals surface area (Å²) in [7, 11) is 4.38. The molecule has 2 rings (SSSR count). The maximum Gasteiger partial charge on any atom is 0.339 e. The van der Waals surface area contributed by atoms with Crippen LogP contribution in [0.2, 0.25) is 0 Å². The molecule has 7 nitrogen and oxygen atoms in total. The zero-order chi connectivity index (χ0) is 17.1. The topological polar surface area (TPSA) is 79.5 Å². The number of carbonyl (C=O) groups excluding carboxylic acids is 1. The number of hydrogen-bond acceptors (Lipinski definition) is 5. The number of aromatic nitrogens is 2. The summed E-state index contributed by atoms with van der Waals surface area (Å²) in [5.74, 6) is -0.0787. The molecule has 0 unspecified atom stereocenters. The summed E-state index contributed by atoms with van der Waals surface area (Å²) in [6.07, 6.45) is 0. The quantitative estimate of drug-likeness (QED) is 0.742. The van der Waals surface area contributed by atoms with Crippen molar-refractivity contribution in [1.29, 1.82) is 0 Å². The first-order valence-electron chi connectivity index (χ1n) is 6.61. The van der Waals surface area contributed by atoms with Gasteiger partial charge in [0.25, 0.3) is 5.56 Å². The van der Waals surface area contributed by atoms with Crippen molar-refractivity contribution >= 4 is 21.9 Å². The first-order chi connectivity index (χ1) is 10.8. The lowest BCUT2D eigenvalue weighted by atomic mass is 10.2. The van der Waals surface area contributed by atoms with Crippen LogP contribution in [0.5, 0.6) is 5.75 Å². The third-order valence-electron chi connectivity index (χ3n) is 3.37. The van der Waals surface area contributed by atoms with Gasteiger partial charge in [0.2, 0.25) is 0 Å². The van der Waals surface area contributed by atoms with Crippen molar-refractivity contribution in [1.82, 2.24) is 9.13 Å².